The maximum absolute atomic E-state index is 6.30. The highest BCUT2D eigenvalue weighted by atomic mass is 35.5. The molecule has 1 aliphatic rings. The van der Waals surface area contributed by atoms with E-state index >= 15 is 0 Å². The molecule has 1 aromatic heterocycles. The minimum Gasteiger partial charge on any atom is -0.310 e. The Bertz CT molecular complexity index is 580. The van der Waals surface area contributed by atoms with Crippen molar-refractivity contribution in [3.8, 4) is 0 Å². The number of hydrogen-bond acceptors (Lipinski definition) is 4. The summed E-state index contributed by atoms with van der Waals surface area (Å²) in [6.45, 7) is 2.70. The minimum absolute atomic E-state index is 0.667. The van der Waals surface area contributed by atoms with E-state index in [4.69, 9.17) is 11.6 Å². The molecule has 0 amide bonds. The van der Waals surface area contributed by atoms with Gasteiger partial charge in [-0.2, -0.15) is 0 Å². The van der Waals surface area contributed by atoms with Crippen LogP contribution < -0.4 is 5.32 Å². The van der Waals surface area contributed by atoms with E-state index in [2.05, 4.69) is 26.6 Å². The van der Waals surface area contributed by atoms with Crippen LogP contribution in [0.2, 0.25) is 5.02 Å². The number of aromatic amines is 1. The zero-order valence-electron chi connectivity index (χ0n) is 10.6. The third kappa shape index (κ3) is 3.29. The predicted molar refractivity (Wildman–Crippen MR) is 76.6 cm³/mol. The van der Waals surface area contributed by atoms with Gasteiger partial charge in [0.25, 0.3) is 0 Å². The highest BCUT2D eigenvalue weighted by molar-refractivity contribution is 7.99. The lowest BCUT2D eigenvalue weighted by Crippen LogP contribution is -2.16. The third-order valence-electron chi connectivity index (χ3n) is 3.00. The highest BCUT2D eigenvalue weighted by Crippen LogP contribution is 2.32. The van der Waals surface area contributed by atoms with Crippen molar-refractivity contribution in [3.05, 3.63) is 34.6 Å². The topological polar surface area (TPSA) is 53.6 Å². The highest BCUT2D eigenvalue weighted by Gasteiger charge is 2.21. The van der Waals surface area contributed by atoms with Crippen molar-refractivity contribution < 1.29 is 0 Å². The molecule has 0 unspecified atom stereocenters. The second-order valence-electron chi connectivity index (χ2n) is 4.68. The van der Waals surface area contributed by atoms with Crippen LogP contribution in [-0.4, -0.2) is 21.2 Å². The van der Waals surface area contributed by atoms with Crippen molar-refractivity contribution in [1.29, 1.82) is 0 Å². The van der Waals surface area contributed by atoms with Crippen LogP contribution in [0, 0.1) is 6.92 Å². The van der Waals surface area contributed by atoms with Crippen LogP contribution in [0.25, 0.3) is 0 Å². The SMILES string of the molecule is Cc1nc(Sc2cccc(Cl)c2CNC2CC2)n[nH]1. The van der Waals surface area contributed by atoms with E-state index < -0.39 is 0 Å². The molecule has 1 saturated carbocycles. The normalized spacial score (nSPS) is 14.8. The van der Waals surface area contributed by atoms with E-state index in [-0.39, 0.29) is 0 Å². The number of H-pyrrole nitrogens is 1. The first-order valence-electron chi connectivity index (χ1n) is 6.30. The molecular formula is C13H15ClN4S. The largest absolute Gasteiger partial charge is 0.310 e. The smallest absolute Gasteiger partial charge is 0.213 e. The summed E-state index contributed by atoms with van der Waals surface area (Å²) in [6, 6.07) is 6.62. The number of nitrogens with one attached hydrogen (secondary N) is 2. The standard InChI is InChI=1S/C13H15ClN4S/c1-8-16-13(18-17-8)19-12-4-2-3-11(14)10(12)7-15-9-5-6-9/h2-4,9,15H,5-7H2,1H3,(H,16,17,18). The van der Waals surface area contributed by atoms with Crippen LogP contribution in [0.3, 0.4) is 0 Å². The summed E-state index contributed by atoms with van der Waals surface area (Å²) in [5.41, 5.74) is 1.13. The quantitative estimate of drug-likeness (QED) is 0.889. The van der Waals surface area contributed by atoms with Gasteiger partial charge in [-0.05, 0) is 49.2 Å². The molecule has 4 nitrogen and oxygen atoms in total. The van der Waals surface area contributed by atoms with Crippen molar-refractivity contribution in [2.45, 2.75) is 42.4 Å². The van der Waals surface area contributed by atoms with Gasteiger partial charge in [0.15, 0.2) is 0 Å². The summed E-state index contributed by atoms with van der Waals surface area (Å²) >= 11 is 7.85. The molecule has 0 spiro atoms. The van der Waals surface area contributed by atoms with E-state index in [1.807, 2.05) is 19.1 Å². The average Bonchev–Trinajstić information content (AvgIpc) is 3.12. The Labute approximate surface area is 121 Å². The van der Waals surface area contributed by atoms with Crippen molar-refractivity contribution in [3.63, 3.8) is 0 Å². The van der Waals surface area contributed by atoms with Gasteiger partial charge < -0.3 is 5.32 Å². The second-order valence-corrected chi connectivity index (χ2v) is 6.09. The first-order valence-corrected chi connectivity index (χ1v) is 7.49. The molecule has 3 rings (SSSR count). The van der Waals surface area contributed by atoms with Crippen LogP contribution in [0.4, 0.5) is 0 Å². The van der Waals surface area contributed by atoms with Crippen LogP contribution >= 0.6 is 23.4 Å². The summed E-state index contributed by atoms with van der Waals surface area (Å²) in [5.74, 6) is 0.821. The fraction of sp³-hybridized carbons (Fsp3) is 0.385. The van der Waals surface area contributed by atoms with Gasteiger partial charge in [0.2, 0.25) is 5.16 Å². The molecule has 0 saturated heterocycles. The van der Waals surface area contributed by atoms with Gasteiger partial charge in [-0.25, -0.2) is 4.98 Å². The fourth-order valence-corrected chi connectivity index (χ4v) is 3.03. The van der Waals surface area contributed by atoms with E-state index in [9.17, 15) is 0 Å². The Balaban J connectivity index is 1.80. The second kappa shape index (κ2) is 5.53. The molecule has 1 aromatic carbocycles. The molecule has 1 fully saturated rings. The molecule has 0 aliphatic heterocycles. The third-order valence-corrected chi connectivity index (χ3v) is 4.32. The van der Waals surface area contributed by atoms with Crippen molar-refractivity contribution in [1.82, 2.24) is 20.5 Å². The summed E-state index contributed by atoms with van der Waals surface area (Å²) in [5, 5.41) is 12.0. The first-order chi connectivity index (χ1) is 9.22. The Kier molecular flexibility index (Phi) is 3.77. The summed E-state index contributed by atoms with van der Waals surface area (Å²) in [4.78, 5) is 5.43. The number of aromatic nitrogens is 3. The predicted octanol–water partition coefficient (Wildman–Crippen LogP) is 3.17. The van der Waals surface area contributed by atoms with Gasteiger partial charge in [-0.1, -0.05) is 17.7 Å². The molecule has 0 radical (unpaired) electrons. The molecule has 1 heterocycles. The van der Waals surface area contributed by atoms with E-state index in [0.717, 1.165) is 33.0 Å². The Morgan fingerprint density at radius 3 is 3.00 bits per heavy atom. The minimum atomic E-state index is 0.667. The Morgan fingerprint density at radius 1 is 1.47 bits per heavy atom. The van der Waals surface area contributed by atoms with Gasteiger partial charge in [0.1, 0.15) is 5.82 Å². The lowest BCUT2D eigenvalue weighted by Gasteiger charge is -2.10. The van der Waals surface area contributed by atoms with E-state index in [0.29, 0.717) is 6.04 Å². The maximum Gasteiger partial charge on any atom is 0.213 e. The molecule has 6 heteroatoms. The lowest BCUT2D eigenvalue weighted by molar-refractivity contribution is 0.680. The number of nitrogens with zero attached hydrogens (tertiary/aromatic N) is 2. The van der Waals surface area contributed by atoms with Gasteiger partial charge in [0.05, 0.1) is 0 Å². The summed E-state index contributed by atoms with van der Waals surface area (Å²) in [7, 11) is 0. The Hall–Kier alpha value is -1.04. The number of hydrogen-bond donors (Lipinski definition) is 2. The maximum atomic E-state index is 6.30. The van der Waals surface area contributed by atoms with Crippen LogP contribution in [0.15, 0.2) is 28.3 Å². The first kappa shape index (κ1) is 13.0. The molecule has 19 heavy (non-hydrogen) atoms. The number of rotatable bonds is 5. The van der Waals surface area contributed by atoms with Gasteiger partial charge >= 0.3 is 0 Å². The monoisotopic (exact) mass is 294 g/mol. The molecule has 2 N–H and O–H groups in total. The van der Waals surface area contributed by atoms with Gasteiger partial charge in [0, 0.05) is 22.5 Å². The van der Waals surface area contributed by atoms with Crippen LogP contribution in [0.5, 0.6) is 0 Å². The summed E-state index contributed by atoms with van der Waals surface area (Å²) < 4.78 is 0. The van der Waals surface area contributed by atoms with Crippen molar-refractivity contribution >= 4 is 23.4 Å². The number of halogens is 1. The van der Waals surface area contributed by atoms with Crippen molar-refractivity contribution in [2.75, 3.05) is 0 Å². The zero-order valence-corrected chi connectivity index (χ0v) is 12.2. The molecule has 100 valence electrons. The van der Waals surface area contributed by atoms with Crippen LogP contribution in [0.1, 0.15) is 24.2 Å². The molecule has 0 bridgehead atoms. The van der Waals surface area contributed by atoms with Gasteiger partial charge in [-0.15, -0.1) is 5.10 Å². The average molecular weight is 295 g/mol. The van der Waals surface area contributed by atoms with Crippen molar-refractivity contribution in [2.24, 2.45) is 0 Å². The molecule has 2 aromatic rings. The Morgan fingerprint density at radius 2 is 2.32 bits per heavy atom. The zero-order chi connectivity index (χ0) is 13.2. The molecule has 0 atom stereocenters. The summed E-state index contributed by atoms with van der Waals surface area (Å²) in [6.07, 6.45) is 2.54. The molecular weight excluding hydrogens is 280 g/mol. The number of aryl methyl sites for hydroxylation is 1. The fourth-order valence-electron chi connectivity index (χ4n) is 1.81. The van der Waals surface area contributed by atoms with E-state index in [1.165, 1.54) is 12.8 Å². The van der Waals surface area contributed by atoms with Crippen LogP contribution in [-0.2, 0) is 6.54 Å². The molecule has 1 aliphatic carbocycles. The van der Waals surface area contributed by atoms with E-state index in [1.54, 1.807) is 11.8 Å². The lowest BCUT2D eigenvalue weighted by atomic mass is 10.2. The van der Waals surface area contributed by atoms with Gasteiger partial charge in [-0.3, -0.25) is 5.10 Å². The number of benzene rings is 1.